The van der Waals surface area contributed by atoms with Crippen molar-refractivity contribution < 1.29 is 29.0 Å². The van der Waals surface area contributed by atoms with E-state index in [2.05, 4.69) is 6.58 Å². The molecule has 0 aromatic carbocycles. The first-order chi connectivity index (χ1) is 10.9. The predicted molar refractivity (Wildman–Crippen MR) is 81.2 cm³/mol. The molecule has 1 heterocycles. The smallest absolute Gasteiger partial charge is 0.334 e. The van der Waals surface area contributed by atoms with Crippen molar-refractivity contribution in [2.75, 3.05) is 6.61 Å². The lowest BCUT2D eigenvalue weighted by Crippen LogP contribution is -2.29. The van der Waals surface area contributed by atoms with Crippen molar-refractivity contribution in [1.29, 1.82) is 0 Å². The van der Waals surface area contributed by atoms with Crippen molar-refractivity contribution in [3.63, 3.8) is 0 Å². The van der Waals surface area contributed by atoms with Gasteiger partial charge in [0.15, 0.2) is 0 Å². The number of hydrogen-bond donors (Lipinski definition) is 1. The number of ether oxygens (including phenoxy) is 2. The zero-order valence-corrected chi connectivity index (χ0v) is 13.0. The molecule has 0 bridgehead atoms. The van der Waals surface area contributed by atoms with Gasteiger partial charge in [-0.25, -0.2) is 4.79 Å². The average Bonchev–Trinajstić information content (AvgIpc) is 2.77. The fourth-order valence-corrected chi connectivity index (χ4v) is 2.82. The number of hydrogen-bond acceptors (Lipinski definition) is 6. The minimum Gasteiger partial charge on any atom is -0.461 e. The maximum Gasteiger partial charge on any atom is 0.334 e. The SMILES string of the molecule is C=C1C(=O)O[C@@H]2/C=C(\COC(C)=O)CC/C=C(\C=O)C[C@@H](O)[C@@H]12. The quantitative estimate of drug-likeness (QED) is 0.364. The van der Waals surface area contributed by atoms with Crippen molar-refractivity contribution in [2.24, 2.45) is 5.92 Å². The maximum absolute atomic E-state index is 11.8. The van der Waals surface area contributed by atoms with Crippen molar-refractivity contribution >= 4 is 18.2 Å². The van der Waals surface area contributed by atoms with Crippen LogP contribution in [0.2, 0.25) is 0 Å². The fourth-order valence-electron chi connectivity index (χ4n) is 2.82. The summed E-state index contributed by atoms with van der Waals surface area (Å²) in [7, 11) is 0. The molecule has 0 amide bonds. The van der Waals surface area contributed by atoms with E-state index < -0.39 is 30.1 Å². The molecule has 0 saturated carbocycles. The van der Waals surface area contributed by atoms with E-state index >= 15 is 0 Å². The predicted octanol–water partition coefficient (Wildman–Crippen LogP) is 1.24. The maximum atomic E-state index is 11.8. The summed E-state index contributed by atoms with van der Waals surface area (Å²) in [6, 6.07) is 0. The van der Waals surface area contributed by atoms with Crippen molar-refractivity contribution in [1.82, 2.24) is 0 Å². The molecule has 1 aliphatic heterocycles. The Hall–Kier alpha value is -2.21. The Bertz CT molecular complexity index is 586. The first kappa shape index (κ1) is 17.1. The van der Waals surface area contributed by atoms with Gasteiger partial charge in [0.25, 0.3) is 0 Å². The van der Waals surface area contributed by atoms with E-state index in [-0.39, 0.29) is 18.6 Å². The van der Waals surface area contributed by atoms with Gasteiger partial charge >= 0.3 is 11.9 Å². The van der Waals surface area contributed by atoms with Crippen LogP contribution < -0.4 is 0 Å². The van der Waals surface area contributed by atoms with Crippen LogP contribution in [0.25, 0.3) is 0 Å². The van der Waals surface area contributed by atoms with Gasteiger partial charge < -0.3 is 14.6 Å². The molecule has 1 aliphatic carbocycles. The summed E-state index contributed by atoms with van der Waals surface area (Å²) in [6.45, 7) is 5.09. The Balaban J connectivity index is 2.31. The Morgan fingerprint density at radius 1 is 1.57 bits per heavy atom. The summed E-state index contributed by atoms with van der Waals surface area (Å²) < 4.78 is 10.3. The van der Waals surface area contributed by atoms with E-state index in [1.54, 1.807) is 12.2 Å². The molecule has 1 N–H and O–H groups in total. The molecule has 2 rings (SSSR count). The molecule has 0 aromatic heterocycles. The van der Waals surface area contributed by atoms with Gasteiger partial charge in [-0.2, -0.15) is 0 Å². The van der Waals surface area contributed by atoms with Crippen LogP contribution in [0.3, 0.4) is 0 Å². The monoisotopic (exact) mass is 320 g/mol. The van der Waals surface area contributed by atoms with Crippen LogP contribution in [0.15, 0.2) is 35.5 Å². The third-order valence-electron chi connectivity index (χ3n) is 4.01. The summed E-state index contributed by atoms with van der Waals surface area (Å²) in [4.78, 5) is 33.9. The Kier molecular flexibility index (Phi) is 5.50. The molecule has 6 heteroatoms. The fraction of sp³-hybridized carbons (Fsp3) is 0.471. The van der Waals surface area contributed by atoms with Gasteiger partial charge in [0.2, 0.25) is 0 Å². The number of aldehydes is 1. The molecule has 2 aliphatic rings. The molecular formula is C17H20O6. The molecule has 3 atom stereocenters. The van der Waals surface area contributed by atoms with Gasteiger partial charge in [-0.15, -0.1) is 0 Å². The average molecular weight is 320 g/mol. The van der Waals surface area contributed by atoms with Crippen molar-refractivity contribution in [2.45, 2.75) is 38.4 Å². The number of carbonyl (C=O) groups excluding carboxylic acids is 3. The molecule has 1 fully saturated rings. The molecule has 124 valence electrons. The molecule has 0 spiro atoms. The summed E-state index contributed by atoms with van der Waals surface area (Å²) in [5.41, 5.74) is 1.43. The highest BCUT2D eigenvalue weighted by Gasteiger charge is 2.42. The van der Waals surface area contributed by atoms with Crippen LogP contribution in [0.4, 0.5) is 0 Å². The number of esters is 2. The van der Waals surface area contributed by atoms with Gasteiger partial charge in [-0.1, -0.05) is 12.7 Å². The number of allylic oxidation sites excluding steroid dienone is 1. The van der Waals surface area contributed by atoms with Crippen molar-refractivity contribution in [3.8, 4) is 0 Å². The third kappa shape index (κ3) is 4.16. The Morgan fingerprint density at radius 2 is 2.30 bits per heavy atom. The number of fused-ring (bicyclic) bond motifs is 1. The number of aliphatic hydroxyl groups is 1. The molecule has 0 aromatic rings. The molecule has 23 heavy (non-hydrogen) atoms. The molecule has 0 radical (unpaired) electrons. The number of rotatable bonds is 3. The van der Waals surface area contributed by atoms with Gasteiger partial charge in [0, 0.05) is 18.9 Å². The van der Waals surface area contributed by atoms with Gasteiger partial charge in [-0.05, 0) is 30.1 Å². The van der Waals surface area contributed by atoms with Crippen LogP contribution >= 0.6 is 0 Å². The Labute approximate surface area is 134 Å². The second-order valence-electron chi connectivity index (χ2n) is 5.73. The second kappa shape index (κ2) is 7.37. The van der Waals surface area contributed by atoms with Crippen LogP contribution in [0.5, 0.6) is 0 Å². The van der Waals surface area contributed by atoms with E-state index in [9.17, 15) is 19.5 Å². The molecular weight excluding hydrogens is 300 g/mol. The summed E-state index contributed by atoms with van der Waals surface area (Å²) in [6.07, 6.45) is 3.84. The molecule has 0 unspecified atom stereocenters. The lowest BCUT2D eigenvalue weighted by Gasteiger charge is -2.23. The van der Waals surface area contributed by atoms with Crippen LogP contribution in [-0.4, -0.2) is 42.1 Å². The van der Waals surface area contributed by atoms with Crippen LogP contribution in [0.1, 0.15) is 26.2 Å². The van der Waals surface area contributed by atoms with E-state index in [1.807, 2.05) is 0 Å². The van der Waals surface area contributed by atoms with Crippen LogP contribution in [0, 0.1) is 5.92 Å². The lowest BCUT2D eigenvalue weighted by atomic mass is 9.85. The van der Waals surface area contributed by atoms with E-state index in [1.165, 1.54) is 6.92 Å². The molecule has 6 nitrogen and oxygen atoms in total. The zero-order valence-electron chi connectivity index (χ0n) is 13.0. The molecule has 1 saturated heterocycles. The van der Waals surface area contributed by atoms with E-state index in [4.69, 9.17) is 9.47 Å². The van der Waals surface area contributed by atoms with Crippen LogP contribution in [-0.2, 0) is 23.9 Å². The summed E-state index contributed by atoms with van der Waals surface area (Å²) in [5, 5.41) is 10.4. The van der Waals surface area contributed by atoms with Gasteiger partial charge in [-0.3, -0.25) is 9.59 Å². The first-order valence-electron chi connectivity index (χ1n) is 7.47. The summed E-state index contributed by atoms with van der Waals surface area (Å²) in [5.74, 6) is -1.58. The third-order valence-corrected chi connectivity index (χ3v) is 4.01. The van der Waals surface area contributed by atoms with Gasteiger partial charge in [0.05, 0.1) is 12.0 Å². The number of aliphatic hydroxyl groups excluding tert-OH is 1. The largest absolute Gasteiger partial charge is 0.461 e. The second-order valence-corrected chi connectivity index (χ2v) is 5.73. The highest BCUT2D eigenvalue weighted by molar-refractivity contribution is 5.91. The van der Waals surface area contributed by atoms with E-state index in [0.717, 1.165) is 5.57 Å². The minimum absolute atomic E-state index is 0.0862. The summed E-state index contributed by atoms with van der Waals surface area (Å²) >= 11 is 0. The zero-order chi connectivity index (χ0) is 17.0. The Morgan fingerprint density at radius 3 is 2.96 bits per heavy atom. The minimum atomic E-state index is -0.945. The van der Waals surface area contributed by atoms with Gasteiger partial charge in [0.1, 0.15) is 19.0 Å². The topological polar surface area (TPSA) is 89.9 Å². The highest BCUT2D eigenvalue weighted by Crippen LogP contribution is 2.34. The normalized spacial score (nSPS) is 32.7. The van der Waals surface area contributed by atoms with Crippen molar-refractivity contribution in [3.05, 3.63) is 35.5 Å². The van der Waals surface area contributed by atoms with E-state index in [0.29, 0.717) is 24.7 Å². The number of carbonyl (C=O) groups is 3. The highest BCUT2D eigenvalue weighted by atomic mass is 16.6. The lowest BCUT2D eigenvalue weighted by molar-refractivity contribution is -0.140. The standard InChI is InChI=1S/C17H20O6/c1-10-16-14(20)6-12(8-18)4-3-5-13(9-22-11(2)19)7-15(16)23-17(10)21/h4,7-8,14-16,20H,1,3,5-6,9H2,2H3/b12-4-,13-7-/t14-,15-,16-/m1/s1. The first-order valence-corrected chi connectivity index (χ1v) is 7.47.